The maximum atomic E-state index is 4.31. The van der Waals surface area contributed by atoms with E-state index in [-0.39, 0.29) is 0 Å². The first-order valence-electron chi connectivity index (χ1n) is 4.40. The highest BCUT2D eigenvalue weighted by Crippen LogP contribution is 1.99. The van der Waals surface area contributed by atoms with Gasteiger partial charge in [0, 0.05) is 11.4 Å². The second kappa shape index (κ2) is 6.23. The van der Waals surface area contributed by atoms with Crippen LogP contribution in [0.25, 0.3) is 0 Å². The fourth-order valence-electron chi connectivity index (χ4n) is 0.772. The van der Waals surface area contributed by atoms with Crippen molar-refractivity contribution in [3.8, 4) is 0 Å². The molecule has 0 heterocycles. The van der Waals surface area contributed by atoms with E-state index in [9.17, 15) is 0 Å². The van der Waals surface area contributed by atoms with E-state index < -0.39 is 0 Å². The van der Waals surface area contributed by atoms with Crippen molar-refractivity contribution < 1.29 is 0 Å². The quantitative estimate of drug-likeness (QED) is 0.643. The summed E-state index contributed by atoms with van der Waals surface area (Å²) in [4.78, 5) is 4.31. The number of nitrogens with one attached hydrogen (secondary N) is 1. The molecule has 0 aromatic carbocycles. The molecule has 2 heteroatoms. The van der Waals surface area contributed by atoms with Crippen LogP contribution in [0.5, 0.6) is 0 Å². The summed E-state index contributed by atoms with van der Waals surface area (Å²) in [5.41, 5.74) is 1.79. The zero-order valence-corrected chi connectivity index (χ0v) is 8.72. The van der Waals surface area contributed by atoms with E-state index in [1.165, 1.54) is 0 Å². The third-order valence-corrected chi connectivity index (χ3v) is 1.33. The highest BCUT2D eigenvalue weighted by Gasteiger charge is 1.92. The number of aliphatic imine (C=N–C) groups is 1. The molecular weight excluding hydrogens is 160 g/mol. The Balaban J connectivity index is 4.53. The van der Waals surface area contributed by atoms with Crippen molar-refractivity contribution in [2.24, 2.45) is 4.99 Å². The van der Waals surface area contributed by atoms with Gasteiger partial charge in [-0.15, -0.1) is 0 Å². The van der Waals surface area contributed by atoms with Crippen LogP contribution in [0.4, 0.5) is 0 Å². The Morgan fingerprint density at radius 3 is 2.46 bits per heavy atom. The van der Waals surface area contributed by atoms with Gasteiger partial charge in [0.1, 0.15) is 5.82 Å². The van der Waals surface area contributed by atoms with Gasteiger partial charge in [-0.05, 0) is 32.4 Å². The average molecular weight is 178 g/mol. The molecule has 13 heavy (non-hydrogen) atoms. The van der Waals surface area contributed by atoms with Crippen molar-refractivity contribution in [3.05, 3.63) is 36.8 Å². The lowest BCUT2D eigenvalue weighted by atomic mass is 10.4. The van der Waals surface area contributed by atoms with Gasteiger partial charge in [-0.3, -0.25) is 0 Å². The molecule has 0 saturated heterocycles. The maximum absolute atomic E-state index is 4.31. The highest BCUT2D eigenvalue weighted by molar-refractivity contribution is 5.92. The van der Waals surface area contributed by atoms with Crippen molar-refractivity contribution in [1.82, 2.24) is 5.32 Å². The summed E-state index contributed by atoms with van der Waals surface area (Å²) in [6, 6.07) is 0. The molecule has 0 bridgehead atoms. The molecule has 72 valence electrons. The van der Waals surface area contributed by atoms with Crippen molar-refractivity contribution >= 4 is 5.71 Å². The minimum absolute atomic E-state index is 0.840. The SMILES string of the molecule is C=C/C(C)=N\C(=C/CC)NC(=C)C. The van der Waals surface area contributed by atoms with Crippen LogP contribution in [0.2, 0.25) is 0 Å². The first-order chi connectivity index (χ1) is 6.10. The van der Waals surface area contributed by atoms with E-state index in [1.807, 2.05) is 19.9 Å². The molecule has 0 unspecified atom stereocenters. The first-order valence-corrected chi connectivity index (χ1v) is 4.40. The molecule has 0 aliphatic heterocycles. The van der Waals surface area contributed by atoms with Gasteiger partial charge in [0.2, 0.25) is 0 Å². The predicted octanol–water partition coefficient (Wildman–Crippen LogP) is 3.01. The van der Waals surface area contributed by atoms with Crippen LogP contribution in [-0.2, 0) is 0 Å². The minimum Gasteiger partial charge on any atom is -0.345 e. The Hall–Kier alpha value is -1.31. The van der Waals surface area contributed by atoms with Crippen LogP contribution < -0.4 is 5.32 Å². The van der Waals surface area contributed by atoms with Gasteiger partial charge in [0.15, 0.2) is 0 Å². The monoisotopic (exact) mass is 178 g/mol. The van der Waals surface area contributed by atoms with Crippen LogP contribution in [0.1, 0.15) is 27.2 Å². The average Bonchev–Trinajstić information content (AvgIpc) is 2.03. The van der Waals surface area contributed by atoms with E-state index in [4.69, 9.17) is 0 Å². The van der Waals surface area contributed by atoms with E-state index in [2.05, 4.69) is 30.4 Å². The first kappa shape index (κ1) is 11.7. The van der Waals surface area contributed by atoms with Gasteiger partial charge in [0.25, 0.3) is 0 Å². The van der Waals surface area contributed by atoms with Crippen LogP contribution in [0.15, 0.2) is 41.8 Å². The topological polar surface area (TPSA) is 24.4 Å². The second-order valence-electron chi connectivity index (χ2n) is 2.86. The zero-order chi connectivity index (χ0) is 10.3. The second-order valence-corrected chi connectivity index (χ2v) is 2.86. The van der Waals surface area contributed by atoms with E-state index in [1.54, 1.807) is 6.08 Å². The lowest BCUT2D eigenvalue weighted by molar-refractivity contribution is 0.934. The molecule has 0 saturated carbocycles. The number of allylic oxidation sites excluding steroid dienone is 3. The third-order valence-electron chi connectivity index (χ3n) is 1.33. The van der Waals surface area contributed by atoms with Crippen molar-refractivity contribution in [1.29, 1.82) is 0 Å². The maximum Gasteiger partial charge on any atom is 0.126 e. The Kier molecular flexibility index (Phi) is 5.60. The fraction of sp³-hybridized carbons (Fsp3) is 0.364. The Labute approximate surface area is 80.8 Å². The molecule has 0 aromatic heterocycles. The van der Waals surface area contributed by atoms with Crippen molar-refractivity contribution in [3.63, 3.8) is 0 Å². The van der Waals surface area contributed by atoms with Crippen molar-refractivity contribution in [2.75, 3.05) is 0 Å². The molecule has 0 radical (unpaired) electrons. The minimum atomic E-state index is 0.840. The van der Waals surface area contributed by atoms with E-state index in [0.717, 1.165) is 23.7 Å². The molecular formula is C11H18N2. The molecule has 0 fully saturated rings. The Morgan fingerprint density at radius 1 is 1.46 bits per heavy atom. The smallest absolute Gasteiger partial charge is 0.126 e. The number of hydrogen-bond acceptors (Lipinski definition) is 2. The summed E-state index contributed by atoms with van der Waals surface area (Å²) < 4.78 is 0. The number of hydrogen-bond donors (Lipinski definition) is 1. The summed E-state index contributed by atoms with van der Waals surface area (Å²) in [6.45, 7) is 13.3. The number of nitrogens with zero attached hydrogens (tertiary/aromatic N) is 1. The third kappa shape index (κ3) is 5.91. The summed E-state index contributed by atoms with van der Waals surface area (Å²) in [5, 5.41) is 3.08. The molecule has 0 spiro atoms. The van der Waals surface area contributed by atoms with Crippen LogP contribution in [0, 0.1) is 0 Å². The van der Waals surface area contributed by atoms with Gasteiger partial charge in [0.05, 0.1) is 0 Å². The van der Waals surface area contributed by atoms with Gasteiger partial charge >= 0.3 is 0 Å². The molecule has 0 amide bonds. The van der Waals surface area contributed by atoms with Gasteiger partial charge in [-0.25, -0.2) is 4.99 Å². The Morgan fingerprint density at radius 2 is 2.08 bits per heavy atom. The lowest BCUT2D eigenvalue weighted by Crippen LogP contribution is -2.08. The lowest BCUT2D eigenvalue weighted by Gasteiger charge is -2.05. The molecule has 0 aliphatic carbocycles. The molecule has 1 N–H and O–H groups in total. The van der Waals surface area contributed by atoms with Crippen LogP contribution in [-0.4, -0.2) is 5.71 Å². The van der Waals surface area contributed by atoms with Gasteiger partial charge < -0.3 is 5.32 Å². The largest absolute Gasteiger partial charge is 0.345 e. The zero-order valence-electron chi connectivity index (χ0n) is 8.72. The van der Waals surface area contributed by atoms with E-state index in [0.29, 0.717) is 0 Å². The Bertz CT molecular complexity index is 247. The molecule has 0 atom stereocenters. The predicted molar refractivity (Wildman–Crippen MR) is 59.6 cm³/mol. The molecule has 0 aromatic rings. The van der Waals surface area contributed by atoms with Gasteiger partial charge in [-0.2, -0.15) is 0 Å². The summed E-state index contributed by atoms with van der Waals surface area (Å²) in [7, 11) is 0. The normalized spacial score (nSPS) is 12.5. The summed E-state index contributed by atoms with van der Waals surface area (Å²) >= 11 is 0. The summed E-state index contributed by atoms with van der Waals surface area (Å²) in [6.07, 6.45) is 4.69. The highest BCUT2D eigenvalue weighted by atomic mass is 15.0. The van der Waals surface area contributed by atoms with Crippen molar-refractivity contribution in [2.45, 2.75) is 27.2 Å². The van der Waals surface area contributed by atoms with E-state index >= 15 is 0 Å². The standard InChI is InChI=1S/C11H18N2/c1-6-8-11(12-9(3)4)13-10(5)7-2/h7-8,12H,2-3,6H2,1,4-5H3/b11-8-,13-10-. The molecule has 0 aliphatic rings. The van der Waals surface area contributed by atoms with Crippen LogP contribution in [0.3, 0.4) is 0 Å². The molecule has 0 rings (SSSR count). The number of rotatable bonds is 5. The summed E-state index contributed by atoms with van der Waals surface area (Å²) in [5.74, 6) is 0.840. The van der Waals surface area contributed by atoms with Crippen LogP contribution >= 0.6 is 0 Å². The van der Waals surface area contributed by atoms with Gasteiger partial charge in [-0.1, -0.05) is 20.1 Å². The molecule has 2 nitrogen and oxygen atoms in total. The fourth-order valence-corrected chi connectivity index (χ4v) is 0.772.